The van der Waals surface area contributed by atoms with Crippen LogP contribution in [0.2, 0.25) is 0 Å². The van der Waals surface area contributed by atoms with Crippen LogP contribution in [-0.2, 0) is 4.84 Å². The van der Waals surface area contributed by atoms with Crippen molar-refractivity contribution in [2.75, 3.05) is 0 Å². The van der Waals surface area contributed by atoms with Crippen LogP contribution in [0.4, 0.5) is 0 Å². The lowest BCUT2D eigenvalue weighted by Crippen LogP contribution is -2.34. The molecule has 2 aliphatic rings. The fourth-order valence-corrected chi connectivity index (χ4v) is 3.78. The van der Waals surface area contributed by atoms with Gasteiger partial charge in [-0.25, -0.2) is 0 Å². The summed E-state index contributed by atoms with van der Waals surface area (Å²) in [5.41, 5.74) is 3.74. The van der Waals surface area contributed by atoms with Gasteiger partial charge < -0.3 is 4.84 Å². The monoisotopic (exact) mass is 291 g/mol. The number of nitrogens with zero attached hydrogens (tertiary/aromatic N) is 1. The lowest BCUT2D eigenvalue weighted by atomic mass is 9.74. The summed E-state index contributed by atoms with van der Waals surface area (Å²) >= 11 is 0. The molecule has 2 heteroatoms. The Morgan fingerprint density at radius 2 is 1.50 bits per heavy atom. The highest BCUT2D eigenvalue weighted by Crippen LogP contribution is 2.44. The Labute approximate surface area is 131 Å². The Kier molecular flexibility index (Phi) is 3.45. The first-order valence-corrected chi connectivity index (χ1v) is 8.20. The van der Waals surface area contributed by atoms with Crippen LogP contribution in [0, 0.1) is 0 Å². The van der Waals surface area contributed by atoms with Crippen molar-refractivity contribution in [1.29, 1.82) is 0 Å². The Morgan fingerprint density at radius 1 is 0.864 bits per heavy atom. The molecule has 1 saturated carbocycles. The topological polar surface area (TPSA) is 21.6 Å². The third-order valence-electron chi connectivity index (χ3n) is 5.11. The molecule has 112 valence electrons. The molecule has 0 N–H and O–H groups in total. The summed E-state index contributed by atoms with van der Waals surface area (Å²) in [5, 5.41) is 4.40. The zero-order valence-corrected chi connectivity index (χ0v) is 12.7. The molecule has 0 saturated heterocycles. The highest BCUT2D eigenvalue weighted by Gasteiger charge is 2.42. The van der Waals surface area contributed by atoms with Gasteiger partial charge in [-0.1, -0.05) is 65.8 Å². The first-order chi connectivity index (χ1) is 10.8. The molecule has 1 heterocycles. The van der Waals surface area contributed by atoms with E-state index in [9.17, 15) is 0 Å². The van der Waals surface area contributed by atoms with E-state index in [4.69, 9.17) is 4.84 Å². The highest BCUT2D eigenvalue weighted by atomic mass is 16.7. The summed E-state index contributed by atoms with van der Waals surface area (Å²) in [6.07, 6.45) is 5.56. The maximum Gasteiger partial charge on any atom is 0.143 e. The minimum atomic E-state index is -0.0452. The molecule has 0 atom stereocenters. The summed E-state index contributed by atoms with van der Waals surface area (Å²) in [6, 6.07) is 21.3. The SMILES string of the molecule is c1ccc(C2=NOC3(CCC(c4ccccc4)CC3)C2)cc1. The van der Waals surface area contributed by atoms with Gasteiger partial charge in [-0.3, -0.25) is 0 Å². The zero-order valence-electron chi connectivity index (χ0n) is 12.7. The van der Waals surface area contributed by atoms with Gasteiger partial charge in [-0.05, 0) is 42.7 Å². The Bertz CT molecular complexity index is 655. The van der Waals surface area contributed by atoms with E-state index in [1.54, 1.807) is 0 Å². The molecule has 1 aliphatic heterocycles. The predicted octanol–water partition coefficient (Wildman–Crippen LogP) is 4.91. The first-order valence-electron chi connectivity index (χ1n) is 8.20. The lowest BCUT2D eigenvalue weighted by molar-refractivity contribution is -0.0484. The van der Waals surface area contributed by atoms with Crippen molar-refractivity contribution in [3.8, 4) is 0 Å². The third-order valence-corrected chi connectivity index (χ3v) is 5.11. The molecule has 1 aliphatic carbocycles. The Hall–Kier alpha value is -2.09. The van der Waals surface area contributed by atoms with Gasteiger partial charge >= 0.3 is 0 Å². The maximum atomic E-state index is 5.92. The summed E-state index contributed by atoms with van der Waals surface area (Å²) in [7, 11) is 0. The molecule has 0 radical (unpaired) electrons. The van der Waals surface area contributed by atoms with Gasteiger partial charge in [-0.2, -0.15) is 0 Å². The number of benzene rings is 2. The van der Waals surface area contributed by atoms with E-state index in [1.807, 2.05) is 6.07 Å². The van der Waals surface area contributed by atoms with E-state index < -0.39 is 0 Å². The van der Waals surface area contributed by atoms with Crippen molar-refractivity contribution in [2.24, 2.45) is 5.16 Å². The summed E-state index contributed by atoms with van der Waals surface area (Å²) < 4.78 is 0. The molecule has 0 unspecified atom stereocenters. The van der Waals surface area contributed by atoms with Crippen molar-refractivity contribution >= 4 is 5.71 Å². The average Bonchev–Trinajstić information content (AvgIpc) is 3.01. The largest absolute Gasteiger partial charge is 0.389 e. The molecule has 1 fully saturated rings. The molecule has 2 nitrogen and oxygen atoms in total. The van der Waals surface area contributed by atoms with E-state index in [1.165, 1.54) is 24.0 Å². The molecule has 2 aromatic rings. The van der Waals surface area contributed by atoms with Gasteiger partial charge in [0.25, 0.3) is 0 Å². The van der Waals surface area contributed by atoms with Crippen LogP contribution in [0.25, 0.3) is 0 Å². The normalized spacial score (nSPS) is 27.5. The van der Waals surface area contributed by atoms with Gasteiger partial charge in [0, 0.05) is 6.42 Å². The van der Waals surface area contributed by atoms with Crippen LogP contribution in [0.3, 0.4) is 0 Å². The van der Waals surface area contributed by atoms with Crippen LogP contribution in [0.5, 0.6) is 0 Å². The van der Waals surface area contributed by atoms with E-state index in [2.05, 4.69) is 59.8 Å². The average molecular weight is 291 g/mol. The molecular formula is C20H21NO. The maximum absolute atomic E-state index is 5.92. The molecule has 2 aromatic carbocycles. The van der Waals surface area contributed by atoms with Crippen molar-refractivity contribution in [3.63, 3.8) is 0 Å². The number of rotatable bonds is 2. The third kappa shape index (κ3) is 2.54. The van der Waals surface area contributed by atoms with Crippen LogP contribution in [0.1, 0.15) is 49.1 Å². The second kappa shape index (κ2) is 5.60. The molecule has 1 spiro atoms. The molecule has 0 amide bonds. The van der Waals surface area contributed by atoms with Crippen LogP contribution < -0.4 is 0 Å². The van der Waals surface area contributed by atoms with E-state index >= 15 is 0 Å². The quantitative estimate of drug-likeness (QED) is 0.770. The number of oxime groups is 1. The molecular weight excluding hydrogens is 270 g/mol. The fraction of sp³-hybridized carbons (Fsp3) is 0.350. The minimum Gasteiger partial charge on any atom is -0.389 e. The lowest BCUT2D eigenvalue weighted by Gasteiger charge is -2.35. The first kappa shape index (κ1) is 13.6. The minimum absolute atomic E-state index is 0.0452. The molecule has 0 bridgehead atoms. The highest BCUT2D eigenvalue weighted by molar-refractivity contribution is 6.01. The number of hydrogen-bond acceptors (Lipinski definition) is 2. The molecule has 0 aromatic heterocycles. The van der Waals surface area contributed by atoms with Crippen molar-refractivity contribution in [3.05, 3.63) is 71.8 Å². The van der Waals surface area contributed by atoms with E-state index in [0.29, 0.717) is 5.92 Å². The summed E-state index contributed by atoms with van der Waals surface area (Å²) in [6.45, 7) is 0. The van der Waals surface area contributed by atoms with E-state index in [0.717, 1.165) is 25.0 Å². The number of hydrogen-bond donors (Lipinski definition) is 0. The van der Waals surface area contributed by atoms with Crippen molar-refractivity contribution in [2.45, 2.75) is 43.6 Å². The molecule has 22 heavy (non-hydrogen) atoms. The standard InChI is InChI=1S/C20H21NO/c1-3-7-16(8-4-1)17-11-13-20(14-12-17)15-19(21-22-20)18-9-5-2-6-10-18/h1-10,17H,11-15H2. The van der Waals surface area contributed by atoms with Gasteiger partial charge in [0.1, 0.15) is 5.60 Å². The van der Waals surface area contributed by atoms with Crippen molar-refractivity contribution in [1.82, 2.24) is 0 Å². The second-order valence-electron chi connectivity index (χ2n) is 6.54. The Balaban J connectivity index is 1.42. The second-order valence-corrected chi connectivity index (χ2v) is 6.54. The Morgan fingerprint density at radius 3 is 2.18 bits per heavy atom. The van der Waals surface area contributed by atoms with Gasteiger partial charge in [-0.15, -0.1) is 0 Å². The fourth-order valence-electron chi connectivity index (χ4n) is 3.78. The van der Waals surface area contributed by atoms with E-state index in [-0.39, 0.29) is 5.60 Å². The van der Waals surface area contributed by atoms with Crippen molar-refractivity contribution < 1.29 is 4.84 Å². The van der Waals surface area contributed by atoms with Gasteiger partial charge in [0.05, 0.1) is 5.71 Å². The smallest absolute Gasteiger partial charge is 0.143 e. The van der Waals surface area contributed by atoms with Gasteiger partial charge in [0.2, 0.25) is 0 Å². The summed E-state index contributed by atoms with van der Waals surface area (Å²) in [5.74, 6) is 0.677. The van der Waals surface area contributed by atoms with Crippen LogP contribution in [-0.4, -0.2) is 11.3 Å². The molecule has 4 rings (SSSR count). The zero-order chi connectivity index (χ0) is 14.8. The van der Waals surface area contributed by atoms with Crippen LogP contribution >= 0.6 is 0 Å². The predicted molar refractivity (Wildman–Crippen MR) is 89.1 cm³/mol. The summed E-state index contributed by atoms with van der Waals surface area (Å²) in [4.78, 5) is 5.92. The van der Waals surface area contributed by atoms with Gasteiger partial charge in [0.15, 0.2) is 0 Å². The van der Waals surface area contributed by atoms with Crippen LogP contribution in [0.15, 0.2) is 65.8 Å².